The van der Waals surface area contributed by atoms with Crippen molar-refractivity contribution in [3.63, 3.8) is 0 Å². The molecule has 0 saturated heterocycles. The number of Topliss-reactive ketones (excluding diaryl/α,β-unsaturated/α-hetero) is 1. The maximum absolute atomic E-state index is 12.2. The van der Waals surface area contributed by atoms with E-state index in [0.717, 1.165) is 37.7 Å². The molecular formula is C24H38O2. The highest BCUT2D eigenvalue weighted by atomic mass is 16.3. The number of ketones is 1. The van der Waals surface area contributed by atoms with Gasteiger partial charge in [-0.1, -0.05) is 78.4 Å². The number of aromatic hydroxyl groups is 1. The lowest BCUT2D eigenvalue weighted by molar-refractivity contribution is -0.122. The quantitative estimate of drug-likeness (QED) is 0.488. The van der Waals surface area contributed by atoms with Gasteiger partial charge in [0.15, 0.2) is 0 Å². The summed E-state index contributed by atoms with van der Waals surface area (Å²) in [6.07, 6.45) is 10.8. The number of carbonyl (C=O) groups is 1. The van der Waals surface area contributed by atoms with Gasteiger partial charge < -0.3 is 5.11 Å². The minimum Gasteiger partial charge on any atom is -0.508 e. The molecule has 1 saturated carbocycles. The average molecular weight is 359 g/mol. The van der Waals surface area contributed by atoms with Crippen LogP contribution in [0.5, 0.6) is 5.75 Å². The third kappa shape index (κ3) is 5.59. The first-order chi connectivity index (χ1) is 12.4. The van der Waals surface area contributed by atoms with Gasteiger partial charge in [0.25, 0.3) is 0 Å². The standard InChI is InChI=1S/C24H38O2/c1-5-7-8-9-13-24(3,4)20-11-12-22(23(26)17-20)19-14-18(10-6-2)15-21(25)16-19/h11-12,17-19,26H,5-10,13-16H2,1-4H3/t18-,19+/m1/s1. The lowest BCUT2D eigenvalue weighted by Crippen LogP contribution is -2.22. The lowest BCUT2D eigenvalue weighted by Gasteiger charge is -2.30. The summed E-state index contributed by atoms with van der Waals surface area (Å²) in [6, 6.07) is 6.23. The molecule has 1 aromatic carbocycles. The van der Waals surface area contributed by atoms with E-state index in [1.54, 1.807) is 0 Å². The van der Waals surface area contributed by atoms with Gasteiger partial charge in [-0.2, -0.15) is 0 Å². The van der Waals surface area contributed by atoms with Gasteiger partial charge >= 0.3 is 0 Å². The van der Waals surface area contributed by atoms with Gasteiger partial charge in [-0.15, -0.1) is 0 Å². The van der Waals surface area contributed by atoms with Crippen LogP contribution in [-0.4, -0.2) is 10.9 Å². The normalized spacial score (nSPS) is 21.2. The SMILES string of the molecule is CCCCCCC(C)(C)c1ccc([C@@H]2CC(=O)C[C@H](CCC)C2)c(O)c1. The molecule has 26 heavy (non-hydrogen) atoms. The molecular weight excluding hydrogens is 320 g/mol. The Hall–Kier alpha value is -1.31. The predicted molar refractivity (Wildman–Crippen MR) is 110 cm³/mol. The number of phenolic OH excluding ortho intramolecular Hbond substituents is 1. The Morgan fingerprint density at radius 2 is 1.85 bits per heavy atom. The van der Waals surface area contributed by atoms with Crippen molar-refractivity contribution in [3.8, 4) is 5.75 Å². The van der Waals surface area contributed by atoms with E-state index in [9.17, 15) is 9.90 Å². The summed E-state index contributed by atoms with van der Waals surface area (Å²) in [7, 11) is 0. The molecule has 1 N–H and O–H groups in total. The van der Waals surface area contributed by atoms with Gasteiger partial charge in [-0.3, -0.25) is 4.79 Å². The molecule has 0 radical (unpaired) electrons. The molecule has 2 atom stereocenters. The smallest absolute Gasteiger partial charge is 0.133 e. The van der Waals surface area contributed by atoms with E-state index in [0.29, 0.717) is 23.9 Å². The van der Waals surface area contributed by atoms with Crippen LogP contribution in [0, 0.1) is 5.92 Å². The van der Waals surface area contributed by atoms with Gasteiger partial charge in [0.05, 0.1) is 0 Å². The Bertz CT molecular complexity index is 588. The van der Waals surface area contributed by atoms with E-state index in [1.807, 2.05) is 6.07 Å². The number of hydrogen-bond acceptors (Lipinski definition) is 2. The summed E-state index contributed by atoms with van der Waals surface area (Å²) in [5.41, 5.74) is 2.27. The molecule has 1 aliphatic rings. The van der Waals surface area contributed by atoms with Crippen molar-refractivity contribution >= 4 is 5.78 Å². The summed E-state index contributed by atoms with van der Waals surface area (Å²) in [5, 5.41) is 10.7. The summed E-state index contributed by atoms with van der Waals surface area (Å²) in [4.78, 5) is 12.2. The van der Waals surface area contributed by atoms with Gasteiger partial charge in [0.2, 0.25) is 0 Å². The van der Waals surface area contributed by atoms with Crippen LogP contribution in [0.15, 0.2) is 18.2 Å². The fourth-order valence-corrected chi connectivity index (χ4v) is 4.56. The Morgan fingerprint density at radius 3 is 2.50 bits per heavy atom. The van der Waals surface area contributed by atoms with E-state index in [-0.39, 0.29) is 11.3 Å². The first kappa shape index (κ1) is 21.0. The highest BCUT2D eigenvalue weighted by molar-refractivity contribution is 5.80. The molecule has 0 aromatic heterocycles. The summed E-state index contributed by atoms with van der Waals surface area (Å²) in [6.45, 7) is 8.97. The van der Waals surface area contributed by atoms with E-state index < -0.39 is 0 Å². The molecule has 0 heterocycles. The number of unbranched alkanes of at least 4 members (excludes halogenated alkanes) is 3. The van der Waals surface area contributed by atoms with Crippen molar-refractivity contribution in [2.45, 2.75) is 103 Å². The maximum atomic E-state index is 12.2. The highest BCUT2D eigenvalue weighted by Crippen LogP contribution is 2.41. The first-order valence-corrected chi connectivity index (χ1v) is 10.7. The van der Waals surface area contributed by atoms with Crippen molar-refractivity contribution in [1.82, 2.24) is 0 Å². The van der Waals surface area contributed by atoms with E-state index in [1.165, 1.54) is 31.2 Å². The molecule has 1 aromatic rings. The minimum atomic E-state index is 0.0802. The van der Waals surface area contributed by atoms with Crippen molar-refractivity contribution in [3.05, 3.63) is 29.3 Å². The zero-order chi connectivity index (χ0) is 19.2. The zero-order valence-electron chi connectivity index (χ0n) is 17.3. The largest absolute Gasteiger partial charge is 0.508 e. The molecule has 0 spiro atoms. The third-order valence-corrected chi connectivity index (χ3v) is 6.21. The molecule has 2 rings (SSSR count). The number of hydrogen-bond donors (Lipinski definition) is 1. The van der Waals surface area contributed by atoms with Crippen LogP contribution in [0.25, 0.3) is 0 Å². The molecule has 146 valence electrons. The molecule has 0 amide bonds. The van der Waals surface area contributed by atoms with Crippen LogP contribution in [0.4, 0.5) is 0 Å². The molecule has 0 aliphatic heterocycles. The molecule has 2 heteroatoms. The van der Waals surface area contributed by atoms with Crippen LogP contribution >= 0.6 is 0 Å². The number of benzene rings is 1. The van der Waals surface area contributed by atoms with E-state index >= 15 is 0 Å². The molecule has 0 bridgehead atoms. The Kier molecular flexibility index (Phi) is 7.73. The van der Waals surface area contributed by atoms with E-state index in [2.05, 4.69) is 39.8 Å². The second-order valence-electron chi connectivity index (χ2n) is 9.00. The summed E-state index contributed by atoms with van der Waals surface area (Å²) in [5.74, 6) is 1.42. The Morgan fingerprint density at radius 1 is 1.08 bits per heavy atom. The van der Waals surface area contributed by atoms with Crippen LogP contribution in [0.2, 0.25) is 0 Å². The van der Waals surface area contributed by atoms with Crippen molar-refractivity contribution < 1.29 is 9.90 Å². The summed E-state index contributed by atoms with van der Waals surface area (Å²) < 4.78 is 0. The molecule has 1 fully saturated rings. The monoisotopic (exact) mass is 358 g/mol. The third-order valence-electron chi connectivity index (χ3n) is 6.21. The Balaban J connectivity index is 2.09. The van der Waals surface area contributed by atoms with Gasteiger partial charge in [-0.25, -0.2) is 0 Å². The topological polar surface area (TPSA) is 37.3 Å². The second kappa shape index (κ2) is 9.58. The van der Waals surface area contributed by atoms with E-state index in [4.69, 9.17) is 0 Å². The predicted octanol–water partition coefficient (Wildman–Crippen LogP) is 6.89. The average Bonchev–Trinajstić information content (AvgIpc) is 2.58. The van der Waals surface area contributed by atoms with Crippen LogP contribution < -0.4 is 0 Å². The number of phenols is 1. The molecule has 2 nitrogen and oxygen atoms in total. The lowest BCUT2D eigenvalue weighted by atomic mass is 9.74. The van der Waals surface area contributed by atoms with Crippen molar-refractivity contribution in [2.75, 3.05) is 0 Å². The Labute approximate surface area is 160 Å². The van der Waals surface area contributed by atoms with Crippen molar-refractivity contribution in [1.29, 1.82) is 0 Å². The fraction of sp³-hybridized carbons (Fsp3) is 0.708. The molecule has 1 aliphatic carbocycles. The second-order valence-corrected chi connectivity index (χ2v) is 9.00. The van der Waals surface area contributed by atoms with Gasteiger partial charge in [0, 0.05) is 12.8 Å². The van der Waals surface area contributed by atoms with Crippen LogP contribution in [0.3, 0.4) is 0 Å². The fourth-order valence-electron chi connectivity index (χ4n) is 4.56. The first-order valence-electron chi connectivity index (χ1n) is 10.7. The number of carbonyl (C=O) groups excluding carboxylic acids is 1. The van der Waals surface area contributed by atoms with Crippen LogP contribution in [-0.2, 0) is 10.2 Å². The van der Waals surface area contributed by atoms with Crippen LogP contribution in [0.1, 0.15) is 109 Å². The highest BCUT2D eigenvalue weighted by Gasteiger charge is 2.30. The maximum Gasteiger partial charge on any atom is 0.133 e. The minimum absolute atomic E-state index is 0.0802. The number of rotatable bonds is 9. The van der Waals surface area contributed by atoms with Gasteiger partial charge in [0.1, 0.15) is 11.5 Å². The van der Waals surface area contributed by atoms with Crippen molar-refractivity contribution in [2.24, 2.45) is 5.92 Å². The van der Waals surface area contributed by atoms with Gasteiger partial charge in [-0.05, 0) is 47.3 Å². The summed E-state index contributed by atoms with van der Waals surface area (Å²) >= 11 is 0. The molecule has 0 unspecified atom stereocenters. The zero-order valence-corrected chi connectivity index (χ0v) is 17.3.